The van der Waals surface area contributed by atoms with Crippen LogP contribution in [0, 0.1) is 0 Å². The maximum Gasteiger partial charge on any atom is 0.0798 e. The summed E-state index contributed by atoms with van der Waals surface area (Å²) < 4.78 is 0. The Balaban J connectivity index is 0.00000225. The number of nitrogens with zero attached hydrogens (tertiary/aromatic N) is 1. The highest BCUT2D eigenvalue weighted by atomic mass is 35.5. The molecule has 2 heterocycles. The predicted molar refractivity (Wildman–Crippen MR) is 108 cm³/mol. The first-order valence-corrected chi connectivity index (χ1v) is 9.43. The van der Waals surface area contributed by atoms with Crippen LogP contribution >= 0.6 is 23.7 Å². The van der Waals surface area contributed by atoms with Crippen molar-refractivity contribution in [2.45, 2.75) is 44.9 Å². The second-order valence-corrected chi connectivity index (χ2v) is 7.12. The smallest absolute Gasteiger partial charge is 0.0798 e. The molecule has 25 heavy (non-hydrogen) atoms. The number of aliphatic hydroxyl groups is 1. The molecule has 2 atom stereocenters. The lowest BCUT2D eigenvalue weighted by atomic mass is 10.0. The molecular weight excluding hydrogens is 352 g/mol. The maximum atomic E-state index is 10.1. The fourth-order valence-electron chi connectivity index (χ4n) is 2.89. The topological polar surface area (TPSA) is 45.1 Å². The van der Waals surface area contributed by atoms with Crippen LogP contribution in [0.4, 0.5) is 0 Å². The second kappa shape index (κ2) is 9.88. The third-order valence-electron chi connectivity index (χ3n) is 4.40. The van der Waals surface area contributed by atoms with Gasteiger partial charge >= 0.3 is 0 Å². The van der Waals surface area contributed by atoms with Gasteiger partial charge in [0.15, 0.2) is 0 Å². The average Bonchev–Trinajstić information content (AvgIpc) is 3.14. The molecule has 3 rings (SSSR count). The molecule has 0 unspecified atom stereocenters. The van der Waals surface area contributed by atoms with Gasteiger partial charge < -0.3 is 10.4 Å². The number of nitrogens with one attached hydrogen (secondary N) is 1. The predicted octanol–water partition coefficient (Wildman–Crippen LogP) is 5.10. The van der Waals surface area contributed by atoms with E-state index in [-0.39, 0.29) is 18.5 Å². The van der Waals surface area contributed by atoms with E-state index in [9.17, 15) is 5.11 Å². The quantitative estimate of drug-likeness (QED) is 0.574. The molecule has 1 aromatic carbocycles. The Morgan fingerprint density at radius 3 is 2.84 bits per heavy atom. The third kappa shape index (κ3) is 5.79. The van der Waals surface area contributed by atoms with Gasteiger partial charge in [-0.1, -0.05) is 12.1 Å². The number of hydrogen-bond acceptors (Lipinski definition) is 4. The molecule has 0 bridgehead atoms. The zero-order chi connectivity index (χ0) is 16.8. The van der Waals surface area contributed by atoms with E-state index in [1.54, 1.807) is 11.3 Å². The Morgan fingerprint density at radius 2 is 2.04 bits per heavy atom. The van der Waals surface area contributed by atoms with Crippen molar-refractivity contribution in [1.82, 2.24) is 10.3 Å². The van der Waals surface area contributed by atoms with Crippen molar-refractivity contribution in [1.29, 1.82) is 0 Å². The lowest BCUT2D eigenvalue weighted by Crippen LogP contribution is -2.25. The van der Waals surface area contributed by atoms with Crippen LogP contribution in [0.2, 0.25) is 0 Å². The summed E-state index contributed by atoms with van der Waals surface area (Å²) >= 11 is 1.64. The number of fused-ring (bicyclic) bond motifs is 1. The van der Waals surface area contributed by atoms with Gasteiger partial charge in [-0.05, 0) is 71.7 Å². The minimum absolute atomic E-state index is 0. The molecule has 0 aliphatic rings. The van der Waals surface area contributed by atoms with E-state index in [2.05, 4.69) is 35.4 Å². The summed E-state index contributed by atoms with van der Waals surface area (Å²) in [5.74, 6) is 0. The Bertz CT molecular complexity index is 763. The highest BCUT2D eigenvalue weighted by Crippen LogP contribution is 2.21. The molecule has 0 aliphatic carbocycles. The molecule has 0 saturated heterocycles. The monoisotopic (exact) mass is 376 g/mol. The zero-order valence-electron chi connectivity index (χ0n) is 14.4. The van der Waals surface area contributed by atoms with Crippen molar-refractivity contribution >= 4 is 34.5 Å². The summed E-state index contributed by atoms with van der Waals surface area (Å²) in [5, 5.41) is 20.1. The van der Waals surface area contributed by atoms with E-state index in [1.165, 1.54) is 16.3 Å². The van der Waals surface area contributed by atoms with E-state index in [4.69, 9.17) is 0 Å². The molecule has 0 fully saturated rings. The Labute approximate surface area is 159 Å². The SMILES string of the molecule is C[C@H](CCC[C@@H](O)c1ccsc1)NCc1ccc2cnccc2c1.Cl. The molecule has 0 saturated carbocycles. The van der Waals surface area contributed by atoms with Crippen molar-refractivity contribution < 1.29 is 5.11 Å². The van der Waals surface area contributed by atoms with Gasteiger partial charge in [-0.2, -0.15) is 11.3 Å². The minimum Gasteiger partial charge on any atom is -0.388 e. The van der Waals surface area contributed by atoms with Crippen LogP contribution in [0.3, 0.4) is 0 Å². The Kier molecular flexibility index (Phi) is 7.85. The lowest BCUT2D eigenvalue weighted by molar-refractivity contribution is 0.163. The third-order valence-corrected chi connectivity index (χ3v) is 5.10. The van der Waals surface area contributed by atoms with E-state index >= 15 is 0 Å². The van der Waals surface area contributed by atoms with E-state index in [0.717, 1.165) is 31.4 Å². The highest BCUT2D eigenvalue weighted by Gasteiger charge is 2.09. The van der Waals surface area contributed by atoms with E-state index in [1.807, 2.05) is 35.3 Å². The number of aromatic nitrogens is 1. The number of thiophene rings is 1. The lowest BCUT2D eigenvalue weighted by Gasteiger charge is -2.15. The van der Waals surface area contributed by atoms with E-state index in [0.29, 0.717) is 6.04 Å². The number of hydrogen-bond donors (Lipinski definition) is 2. The van der Waals surface area contributed by atoms with Crippen LogP contribution < -0.4 is 5.32 Å². The van der Waals surface area contributed by atoms with Crippen LogP contribution in [-0.2, 0) is 6.54 Å². The van der Waals surface area contributed by atoms with Gasteiger partial charge in [-0.15, -0.1) is 12.4 Å². The van der Waals surface area contributed by atoms with Gasteiger partial charge in [-0.25, -0.2) is 0 Å². The largest absolute Gasteiger partial charge is 0.388 e. The summed E-state index contributed by atoms with van der Waals surface area (Å²) in [6.07, 6.45) is 6.33. The molecular formula is C20H25ClN2OS. The van der Waals surface area contributed by atoms with E-state index < -0.39 is 0 Å². The normalized spacial score (nSPS) is 13.4. The van der Waals surface area contributed by atoms with Crippen molar-refractivity contribution in [3.63, 3.8) is 0 Å². The minimum atomic E-state index is -0.322. The zero-order valence-corrected chi connectivity index (χ0v) is 16.0. The van der Waals surface area contributed by atoms with Crippen LogP contribution in [0.15, 0.2) is 53.5 Å². The number of pyridine rings is 1. The molecule has 2 aromatic heterocycles. The fraction of sp³-hybridized carbons (Fsp3) is 0.350. The van der Waals surface area contributed by atoms with Crippen molar-refractivity contribution in [3.8, 4) is 0 Å². The molecule has 0 amide bonds. The molecule has 0 aliphatic heterocycles. The molecule has 2 N–H and O–H groups in total. The number of benzene rings is 1. The van der Waals surface area contributed by atoms with Crippen molar-refractivity contribution in [2.75, 3.05) is 0 Å². The molecule has 0 spiro atoms. The van der Waals surface area contributed by atoms with Crippen LogP contribution in [0.25, 0.3) is 10.8 Å². The van der Waals surface area contributed by atoms with Crippen LogP contribution in [-0.4, -0.2) is 16.1 Å². The molecule has 134 valence electrons. The standard InChI is InChI=1S/C20H24N2OS.ClH/c1-15(3-2-4-20(23)19-8-10-24-14-19)22-12-16-5-6-18-13-21-9-7-17(18)11-16;/h5-11,13-15,20,22-23H,2-4,12H2,1H3;1H/t15-,20-;/m1./s1. The summed E-state index contributed by atoms with van der Waals surface area (Å²) in [7, 11) is 0. The van der Waals surface area contributed by atoms with Gasteiger partial charge in [0.1, 0.15) is 0 Å². The van der Waals surface area contributed by atoms with Gasteiger partial charge in [0, 0.05) is 30.4 Å². The Hall–Kier alpha value is -1.46. The number of rotatable bonds is 8. The Morgan fingerprint density at radius 1 is 1.16 bits per heavy atom. The first kappa shape index (κ1) is 19.9. The molecule has 0 radical (unpaired) electrons. The number of halogens is 1. The van der Waals surface area contributed by atoms with Gasteiger partial charge in [-0.3, -0.25) is 4.98 Å². The molecule has 3 nitrogen and oxygen atoms in total. The average molecular weight is 377 g/mol. The maximum absolute atomic E-state index is 10.1. The second-order valence-electron chi connectivity index (χ2n) is 6.34. The van der Waals surface area contributed by atoms with Crippen molar-refractivity contribution in [3.05, 3.63) is 64.6 Å². The first-order chi connectivity index (χ1) is 11.7. The number of aliphatic hydroxyl groups excluding tert-OH is 1. The molecule has 5 heteroatoms. The van der Waals surface area contributed by atoms with Gasteiger partial charge in [0.25, 0.3) is 0 Å². The molecule has 3 aromatic rings. The first-order valence-electron chi connectivity index (χ1n) is 8.48. The summed E-state index contributed by atoms with van der Waals surface area (Å²) in [5.41, 5.74) is 2.34. The fourth-order valence-corrected chi connectivity index (χ4v) is 3.59. The van der Waals surface area contributed by atoms with Crippen LogP contribution in [0.1, 0.15) is 43.4 Å². The summed E-state index contributed by atoms with van der Waals surface area (Å²) in [6, 6.07) is 11.0. The summed E-state index contributed by atoms with van der Waals surface area (Å²) in [6.45, 7) is 3.08. The van der Waals surface area contributed by atoms with Gasteiger partial charge in [0.2, 0.25) is 0 Å². The summed E-state index contributed by atoms with van der Waals surface area (Å²) in [4.78, 5) is 4.15. The van der Waals surface area contributed by atoms with Gasteiger partial charge in [0.05, 0.1) is 6.10 Å². The highest BCUT2D eigenvalue weighted by molar-refractivity contribution is 7.07. The van der Waals surface area contributed by atoms with Crippen molar-refractivity contribution in [2.24, 2.45) is 0 Å². The van der Waals surface area contributed by atoms with Crippen LogP contribution in [0.5, 0.6) is 0 Å².